The van der Waals surface area contributed by atoms with E-state index in [2.05, 4.69) is 0 Å². The van der Waals surface area contributed by atoms with Crippen molar-refractivity contribution in [1.82, 2.24) is 0 Å². The molecule has 4 heteroatoms. The molecule has 0 spiro atoms. The SMILES string of the molecule is Fc1ccccc1N(F)Cl. The first-order valence-corrected chi connectivity index (χ1v) is 2.92. The van der Waals surface area contributed by atoms with Gasteiger partial charge in [-0.3, -0.25) is 0 Å². The highest BCUT2D eigenvalue weighted by atomic mass is 35.5. The molecule has 0 amide bonds. The van der Waals surface area contributed by atoms with Crippen molar-refractivity contribution in [2.75, 3.05) is 4.64 Å². The first kappa shape index (κ1) is 7.28. The molecule has 0 aromatic heterocycles. The maximum Gasteiger partial charge on any atom is 0.150 e. The van der Waals surface area contributed by atoms with Crippen molar-refractivity contribution < 1.29 is 8.87 Å². The van der Waals surface area contributed by atoms with Gasteiger partial charge in [0.2, 0.25) is 0 Å². The van der Waals surface area contributed by atoms with Crippen molar-refractivity contribution in [2.24, 2.45) is 0 Å². The Kier molecular flexibility index (Phi) is 2.06. The van der Waals surface area contributed by atoms with Crippen molar-refractivity contribution in [3.05, 3.63) is 30.1 Å². The summed E-state index contributed by atoms with van der Waals surface area (Å²) in [7, 11) is 0. The summed E-state index contributed by atoms with van der Waals surface area (Å²) in [6.07, 6.45) is 0. The van der Waals surface area contributed by atoms with Gasteiger partial charge >= 0.3 is 0 Å². The highest BCUT2D eigenvalue weighted by Gasteiger charge is 2.05. The molecule has 0 radical (unpaired) electrons. The first-order chi connectivity index (χ1) is 4.72. The maximum absolute atomic E-state index is 12.5. The molecule has 1 aromatic carbocycles. The van der Waals surface area contributed by atoms with Crippen LogP contribution in [0.15, 0.2) is 24.3 Å². The van der Waals surface area contributed by atoms with Crippen molar-refractivity contribution >= 4 is 17.5 Å². The fourth-order valence-corrected chi connectivity index (χ4v) is 0.726. The van der Waals surface area contributed by atoms with Crippen LogP contribution in [0.5, 0.6) is 0 Å². The molecule has 1 nitrogen and oxygen atoms in total. The average molecular weight is 164 g/mol. The molecule has 1 rings (SSSR count). The summed E-state index contributed by atoms with van der Waals surface area (Å²) in [4.78, 5) is 0. The van der Waals surface area contributed by atoms with Gasteiger partial charge < -0.3 is 0 Å². The summed E-state index contributed by atoms with van der Waals surface area (Å²) in [5.74, 6) is -0.681. The molecule has 0 bridgehead atoms. The lowest BCUT2D eigenvalue weighted by Gasteiger charge is -2.02. The number of halogens is 3. The van der Waals surface area contributed by atoms with Gasteiger partial charge in [0.25, 0.3) is 0 Å². The van der Waals surface area contributed by atoms with E-state index in [-0.39, 0.29) is 10.3 Å². The van der Waals surface area contributed by atoms with Crippen LogP contribution in [0.1, 0.15) is 0 Å². The van der Waals surface area contributed by atoms with E-state index in [4.69, 9.17) is 11.8 Å². The molecule has 0 saturated heterocycles. The molecule has 0 unspecified atom stereocenters. The Hall–Kier alpha value is -0.830. The number of hydrogen-bond donors (Lipinski definition) is 0. The number of nitrogens with zero attached hydrogens (tertiary/aromatic N) is 1. The number of para-hydroxylation sites is 1. The quantitative estimate of drug-likeness (QED) is 0.576. The summed E-state index contributed by atoms with van der Waals surface area (Å²) in [6.45, 7) is 0. The van der Waals surface area contributed by atoms with Crippen LogP contribution in [0.2, 0.25) is 0 Å². The van der Waals surface area contributed by atoms with E-state index in [0.29, 0.717) is 0 Å². The molecule has 0 saturated carbocycles. The topological polar surface area (TPSA) is 3.24 Å². The van der Waals surface area contributed by atoms with E-state index in [0.717, 1.165) is 6.07 Å². The van der Waals surface area contributed by atoms with Gasteiger partial charge in [-0.05, 0) is 12.1 Å². The molecule has 0 aliphatic rings. The molecule has 54 valence electrons. The summed E-state index contributed by atoms with van der Waals surface area (Å²) in [6, 6.07) is 5.32. The Morgan fingerprint density at radius 1 is 1.30 bits per heavy atom. The Bertz CT molecular complexity index is 227. The molecule has 0 N–H and O–H groups in total. The Morgan fingerprint density at radius 3 is 2.30 bits per heavy atom. The largest absolute Gasteiger partial charge is 0.205 e. The lowest BCUT2D eigenvalue weighted by Crippen LogP contribution is -1.95. The fourth-order valence-electron chi connectivity index (χ4n) is 0.589. The second-order valence-electron chi connectivity index (χ2n) is 1.68. The predicted molar refractivity (Wildman–Crippen MR) is 35.8 cm³/mol. The second kappa shape index (κ2) is 2.84. The van der Waals surface area contributed by atoms with Crippen LogP contribution in [0.3, 0.4) is 0 Å². The molecule has 0 aliphatic heterocycles. The monoisotopic (exact) mass is 163 g/mol. The van der Waals surface area contributed by atoms with Crippen molar-refractivity contribution in [3.63, 3.8) is 0 Å². The molecule has 1 aromatic rings. The van der Waals surface area contributed by atoms with Crippen LogP contribution in [-0.2, 0) is 0 Å². The van der Waals surface area contributed by atoms with Crippen LogP contribution in [0.25, 0.3) is 0 Å². The molecule has 10 heavy (non-hydrogen) atoms. The van der Waals surface area contributed by atoms with Crippen LogP contribution in [0.4, 0.5) is 14.6 Å². The second-order valence-corrected chi connectivity index (χ2v) is 1.98. The van der Waals surface area contributed by atoms with Gasteiger partial charge in [-0.15, -0.1) is 4.64 Å². The maximum atomic E-state index is 12.5. The van der Waals surface area contributed by atoms with Gasteiger partial charge in [-0.1, -0.05) is 16.6 Å². The standard InChI is InChI=1S/C6H4ClF2N/c7-10(9)6-4-2-1-3-5(6)8/h1-4H. The van der Waals surface area contributed by atoms with Gasteiger partial charge in [0.15, 0.2) is 5.82 Å². The zero-order chi connectivity index (χ0) is 7.56. The van der Waals surface area contributed by atoms with Gasteiger partial charge in [0, 0.05) is 11.8 Å². The molecular weight excluding hydrogens is 160 g/mol. The molecule has 0 aliphatic carbocycles. The average Bonchev–Trinajstić information content (AvgIpc) is 1.88. The van der Waals surface area contributed by atoms with Crippen LogP contribution in [0, 0.1) is 5.82 Å². The molecule has 0 heterocycles. The van der Waals surface area contributed by atoms with Crippen molar-refractivity contribution in [3.8, 4) is 0 Å². The summed E-state index contributed by atoms with van der Waals surface area (Å²) < 4.78 is 24.2. The third-order valence-corrected chi connectivity index (χ3v) is 1.22. The lowest BCUT2D eigenvalue weighted by atomic mass is 10.3. The zero-order valence-corrected chi connectivity index (χ0v) is 5.65. The van der Waals surface area contributed by atoms with E-state index >= 15 is 0 Å². The van der Waals surface area contributed by atoms with E-state index in [1.165, 1.54) is 18.2 Å². The third-order valence-electron chi connectivity index (χ3n) is 1.03. The third kappa shape index (κ3) is 1.36. The van der Waals surface area contributed by atoms with Crippen molar-refractivity contribution in [1.29, 1.82) is 0 Å². The summed E-state index contributed by atoms with van der Waals surface area (Å²) >= 11 is 4.84. The van der Waals surface area contributed by atoms with E-state index < -0.39 is 5.82 Å². The lowest BCUT2D eigenvalue weighted by molar-refractivity contribution is 0.520. The van der Waals surface area contributed by atoms with Crippen LogP contribution in [-0.4, -0.2) is 0 Å². The highest BCUT2D eigenvalue weighted by Crippen LogP contribution is 2.19. The summed E-state index contributed by atoms with van der Waals surface area (Å²) in [5.41, 5.74) is -0.274. The van der Waals surface area contributed by atoms with Gasteiger partial charge in [-0.25, -0.2) is 4.39 Å². The number of hydrogen-bond acceptors (Lipinski definition) is 1. The smallest absolute Gasteiger partial charge is 0.150 e. The zero-order valence-electron chi connectivity index (χ0n) is 4.89. The minimum atomic E-state index is -0.681. The summed E-state index contributed by atoms with van der Waals surface area (Å²) in [5, 5.41) is 0. The van der Waals surface area contributed by atoms with Gasteiger partial charge in [-0.2, -0.15) is 0 Å². The number of benzene rings is 1. The Morgan fingerprint density at radius 2 is 1.90 bits per heavy atom. The predicted octanol–water partition coefficient (Wildman–Crippen LogP) is 2.67. The molecular formula is C6H4ClF2N. The van der Waals surface area contributed by atoms with Gasteiger partial charge in [0.1, 0.15) is 5.69 Å². The number of rotatable bonds is 1. The van der Waals surface area contributed by atoms with Crippen LogP contribution >= 0.6 is 11.8 Å². The molecule has 0 atom stereocenters. The van der Waals surface area contributed by atoms with Crippen molar-refractivity contribution in [2.45, 2.75) is 0 Å². The highest BCUT2D eigenvalue weighted by molar-refractivity contribution is 6.24. The van der Waals surface area contributed by atoms with E-state index in [1.807, 2.05) is 0 Å². The van der Waals surface area contributed by atoms with E-state index in [9.17, 15) is 8.87 Å². The normalized spacial score (nSPS) is 9.50. The first-order valence-electron chi connectivity index (χ1n) is 2.58. The Labute approximate surface area is 61.9 Å². The number of anilines is 1. The minimum Gasteiger partial charge on any atom is -0.205 e. The Balaban J connectivity index is 3.03. The van der Waals surface area contributed by atoms with E-state index in [1.54, 1.807) is 0 Å². The minimum absolute atomic E-state index is 0.274. The van der Waals surface area contributed by atoms with Crippen LogP contribution < -0.4 is 4.64 Å². The molecule has 0 fully saturated rings. The van der Waals surface area contributed by atoms with Gasteiger partial charge in [0.05, 0.1) is 0 Å². The fraction of sp³-hybridized carbons (Fsp3) is 0.